The molecule has 3 N–H and O–H groups in total. The maximum Gasteiger partial charge on any atom is 0.120 e. The first kappa shape index (κ1) is 15.8. The van der Waals surface area contributed by atoms with Crippen LogP contribution in [0.1, 0.15) is 38.8 Å². The van der Waals surface area contributed by atoms with Crippen LogP contribution in [0.5, 0.6) is 11.5 Å². The minimum Gasteiger partial charge on any atom is -0.508 e. The average Bonchev–Trinajstić information content (AvgIpc) is 2.36. The first-order valence-electron chi connectivity index (χ1n) is 6.83. The third kappa shape index (κ3) is 5.94. The van der Waals surface area contributed by atoms with Crippen molar-refractivity contribution in [1.29, 1.82) is 0 Å². The predicted octanol–water partition coefficient (Wildman–Crippen LogP) is 2.81. The number of hydrogen-bond acceptors (Lipinski definition) is 4. The summed E-state index contributed by atoms with van der Waals surface area (Å²) in [6, 6.07) is 4.52. The van der Waals surface area contributed by atoms with Gasteiger partial charge < -0.3 is 20.3 Å². The lowest BCUT2D eigenvalue weighted by atomic mass is 10.1. The Morgan fingerprint density at radius 1 is 1.16 bits per heavy atom. The van der Waals surface area contributed by atoms with Crippen molar-refractivity contribution in [2.75, 3.05) is 19.8 Å². The van der Waals surface area contributed by atoms with Crippen molar-refractivity contribution in [2.24, 2.45) is 5.92 Å². The number of benzene rings is 1. The van der Waals surface area contributed by atoms with Crippen LogP contribution in [0, 0.1) is 5.92 Å². The molecule has 1 aromatic rings. The minimum atomic E-state index is -0.0270. The van der Waals surface area contributed by atoms with Crippen molar-refractivity contribution in [2.45, 2.75) is 33.2 Å². The molecular weight excluding hydrogens is 242 g/mol. The SMILES string of the molecule is CC(C)CCOCCNC(C)c1cc(O)ccc1O. The number of phenolic OH excluding ortho intramolecular Hbond substituents is 2. The summed E-state index contributed by atoms with van der Waals surface area (Å²) in [4.78, 5) is 0. The molecule has 0 fully saturated rings. The summed E-state index contributed by atoms with van der Waals surface area (Å²) in [6.45, 7) is 8.45. The van der Waals surface area contributed by atoms with Crippen molar-refractivity contribution >= 4 is 0 Å². The Hall–Kier alpha value is -1.26. The maximum atomic E-state index is 9.72. The monoisotopic (exact) mass is 267 g/mol. The highest BCUT2D eigenvalue weighted by Gasteiger charge is 2.10. The molecule has 0 saturated carbocycles. The van der Waals surface area contributed by atoms with Crippen LogP contribution in [-0.4, -0.2) is 30.0 Å². The largest absolute Gasteiger partial charge is 0.508 e. The highest BCUT2D eigenvalue weighted by atomic mass is 16.5. The van der Waals surface area contributed by atoms with Gasteiger partial charge >= 0.3 is 0 Å². The Kier molecular flexibility index (Phi) is 6.67. The van der Waals surface area contributed by atoms with E-state index in [1.165, 1.54) is 12.1 Å². The van der Waals surface area contributed by atoms with E-state index in [9.17, 15) is 10.2 Å². The predicted molar refractivity (Wildman–Crippen MR) is 76.5 cm³/mol. The highest BCUT2D eigenvalue weighted by Crippen LogP contribution is 2.27. The van der Waals surface area contributed by atoms with E-state index in [1.54, 1.807) is 6.07 Å². The Morgan fingerprint density at radius 3 is 2.58 bits per heavy atom. The van der Waals surface area contributed by atoms with Gasteiger partial charge in [-0.1, -0.05) is 13.8 Å². The van der Waals surface area contributed by atoms with E-state index in [1.807, 2.05) is 6.92 Å². The van der Waals surface area contributed by atoms with Crippen LogP contribution in [0.25, 0.3) is 0 Å². The van der Waals surface area contributed by atoms with Crippen molar-refractivity contribution in [1.82, 2.24) is 5.32 Å². The van der Waals surface area contributed by atoms with Crippen molar-refractivity contribution in [3.63, 3.8) is 0 Å². The van der Waals surface area contributed by atoms with Crippen LogP contribution < -0.4 is 5.32 Å². The molecule has 1 aromatic carbocycles. The fourth-order valence-corrected chi connectivity index (χ4v) is 1.77. The summed E-state index contributed by atoms with van der Waals surface area (Å²) >= 11 is 0. The molecule has 0 aliphatic rings. The molecule has 0 spiro atoms. The van der Waals surface area contributed by atoms with Gasteiger partial charge in [-0.15, -0.1) is 0 Å². The molecule has 0 heterocycles. The van der Waals surface area contributed by atoms with Crippen molar-refractivity contribution in [3.05, 3.63) is 23.8 Å². The summed E-state index contributed by atoms with van der Waals surface area (Å²) in [5.74, 6) is 1.02. The first-order chi connectivity index (χ1) is 9.00. The van der Waals surface area contributed by atoms with Gasteiger partial charge in [0.25, 0.3) is 0 Å². The summed E-state index contributed by atoms with van der Waals surface area (Å²) in [5, 5.41) is 22.4. The fourth-order valence-electron chi connectivity index (χ4n) is 1.77. The topological polar surface area (TPSA) is 61.7 Å². The molecule has 108 valence electrons. The lowest BCUT2D eigenvalue weighted by Crippen LogP contribution is -2.23. The molecule has 0 aromatic heterocycles. The zero-order valence-corrected chi connectivity index (χ0v) is 12.0. The van der Waals surface area contributed by atoms with Crippen LogP contribution in [0.15, 0.2) is 18.2 Å². The number of ether oxygens (including phenoxy) is 1. The zero-order chi connectivity index (χ0) is 14.3. The van der Waals surface area contributed by atoms with Gasteiger partial charge in [0.15, 0.2) is 0 Å². The standard InChI is InChI=1S/C15H25NO3/c1-11(2)6-8-19-9-7-16-12(3)14-10-13(17)4-5-15(14)18/h4-5,10-12,16-18H,6-9H2,1-3H3. The second-order valence-electron chi connectivity index (χ2n) is 5.21. The van der Waals surface area contributed by atoms with Crippen LogP contribution in [-0.2, 0) is 4.74 Å². The maximum absolute atomic E-state index is 9.72. The van der Waals surface area contributed by atoms with E-state index in [2.05, 4.69) is 19.2 Å². The van der Waals surface area contributed by atoms with Gasteiger partial charge in [-0.05, 0) is 37.5 Å². The number of rotatable bonds is 8. The van der Waals surface area contributed by atoms with E-state index < -0.39 is 0 Å². The Balaban J connectivity index is 2.27. The number of aromatic hydroxyl groups is 2. The van der Waals surface area contributed by atoms with E-state index in [0.29, 0.717) is 24.6 Å². The van der Waals surface area contributed by atoms with E-state index in [-0.39, 0.29) is 17.5 Å². The lowest BCUT2D eigenvalue weighted by molar-refractivity contribution is 0.123. The second-order valence-corrected chi connectivity index (χ2v) is 5.21. The van der Waals surface area contributed by atoms with Crippen LogP contribution in [0.3, 0.4) is 0 Å². The van der Waals surface area contributed by atoms with E-state index >= 15 is 0 Å². The van der Waals surface area contributed by atoms with Crippen LogP contribution in [0.4, 0.5) is 0 Å². The fraction of sp³-hybridized carbons (Fsp3) is 0.600. The molecule has 4 heteroatoms. The molecule has 1 atom stereocenters. The summed E-state index contributed by atoms with van der Waals surface area (Å²) in [7, 11) is 0. The summed E-state index contributed by atoms with van der Waals surface area (Å²) in [6.07, 6.45) is 1.07. The summed E-state index contributed by atoms with van der Waals surface area (Å²) < 4.78 is 5.51. The minimum absolute atomic E-state index is 0.0270. The normalized spacial score (nSPS) is 12.8. The molecule has 1 rings (SSSR count). The van der Waals surface area contributed by atoms with Gasteiger partial charge in [0, 0.05) is 24.8 Å². The molecular formula is C15H25NO3. The van der Waals surface area contributed by atoms with Gasteiger partial charge in [-0.25, -0.2) is 0 Å². The number of hydrogen-bond donors (Lipinski definition) is 3. The van der Waals surface area contributed by atoms with Gasteiger partial charge in [-0.3, -0.25) is 0 Å². The molecule has 0 aliphatic heterocycles. The third-order valence-electron chi connectivity index (χ3n) is 3.01. The number of phenols is 2. The van der Waals surface area contributed by atoms with Gasteiger partial charge in [0.1, 0.15) is 11.5 Å². The third-order valence-corrected chi connectivity index (χ3v) is 3.01. The molecule has 0 aliphatic carbocycles. The number of nitrogens with one attached hydrogen (secondary N) is 1. The van der Waals surface area contributed by atoms with Crippen LogP contribution >= 0.6 is 0 Å². The van der Waals surface area contributed by atoms with Gasteiger partial charge in [0.05, 0.1) is 6.61 Å². The second kappa shape index (κ2) is 8.02. The molecule has 4 nitrogen and oxygen atoms in total. The first-order valence-corrected chi connectivity index (χ1v) is 6.83. The Bertz CT molecular complexity index is 380. The van der Waals surface area contributed by atoms with Crippen molar-refractivity contribution < 1.29 is 14.9 Å². The highest BCUT2D eigenvalue weighted by molar-refractivity contribution is 5.40. The molecule has 0 saturated heterocycles. The smallest absolute Gasteiger partial charge is 0.120 e. The zero-order valence-electron chi connectivity index (χ0n) is 12.0. The van der Waals surface area contributed by atoms with E-state index in [0.717, 1.165) is 13.0 Å². The summed E-state index contributed by atoms with van der Waals surface area (Å²) in [5.41, 5.74) is 0.696. The molecule has 0 radical (unpaired) electrons. The lowest BCUT2D eigenvalue weighted by Gasteiger charge is -2.16. The van der Waals surface area contributed by atoms with E-state index in [4.69, 9.17) is 4.74 Å². The molecule has 0 amide bonds. The van der Waals surface area contributed by atoms with Crippen LogP contribution in [0.2, 0.25) is 0 Å². The van der Waals surface area contributed by atoms with Crippen molar-refractivity contribution in [3.8, 4) is 11.5 Å². The molecule has 1 unspecified atom stereocenters. The molecule has 19 heavy (non-hydrogen) atoms. The van der Waals surface area contributed by atoms with Gasteiger partial charge in [0.2, 0.25) is 0 Å². The van der Waals surface area contributed by atoms with Gasteiger partial charge in [-0.2, -0.15) is 0 Å². The average molecular weight is 267 g/mol. The Labute approximate surface area is 115 Å². The quantitative estimate of drug-likeness (QED) is 0.500. The Morgan fingerprint density at radius 2 is 1.89 bits per heavy atom. The molecule has 0 bridgehead atoms.